The average molecular weight is 205 g/mol. The van der Waals surface area contributed by atoms with Crippen LogP contribution >= 0.6 is 0 Å². The second kappa shape index (κ2) is 3.34. The van der Waals surface area contributed by atoms with Crippen molar-refractivity contribution in [3.63, 3.8) is 0 Å². The first-order chi connectivity index (χ1) is 7.22. The maximum absolute atomic E-state index is 4.71. The van der Waals surface area contributed by atoms with Gasteiger partial charge >= 0.3 is 0 Å². The molecule has 0 amide bonds. The van der Waals surface area contributed by atoms with Gasteiger partial charge in [0.15, 0.2) is 0 Å². The van der Waals surface area contributed by atoms with Crippen LogP contribution < -0.4 is 5.32 Å². The van der Waals surface area contributed by atoms with Crippen LogP contribution in [0, 0.1) is 5.92 Å². The van der Waals surface area contributed by atoms with Crippen molar-refractivity contribution in [2.45, 2.75) is 51.7 Å². The summed E-state index contributed by atoms with van der Waals surface area (Å²) in [6, 6.07) is 1.30. The van der Waals surface area contributed by atoms with E-state index in [0.29, 0.717) is 18.0 Å². The van der Waals surface area contributed by atoms with E-state index >= 15 is 0 Å². The molecule has 82 valence electrons. The van der Waals surface area contributed by atoms with Crippen molar-refractivity contribution < 1.29 is 0 Å². The van der Waals surface area contributed by atoms with Crippen molar-refractivity contribution in [1.82, 2.24) is 15.1 Å². The topological polar surface area (TPSA) is 29.9 Å². The summed E-state index contributed by atoms with van der Waals surface area (Å²) < 4.78 is 2.14. The Balaban J connectivity index is 1.89. The van der Waals surface area contributed by atoms with E-state index in [2.05, 4.69) is 30.0 Å². The van der Waals surface area contributed by atoms with Crippen molar-refractivity contribution in [2.75, 3.05) is 0 Å². The third-order valence-corrected chi connectivity index (χ3v) is 3.48. The lowest BCUT2D eigenvalue weighted by Crippen LogP contribution is -2.31. The molecule has 3 heteroatoms. The fourth-order valence-electron chi connectivity index (χ4n) is 2.85. The molecule has 1 saturated heterocycles. The van der Waals surface area contributed by atoms with Gasteiger partial charge in [-0.2, -0.15) is 5.10 Å². The first-order valence-corrected chi connectivity index (χ1v) is 6.04. The van der Waals surface area contributed by atoms with Gasteiger partial charge in [0, 0.05) is 36.8 Å². The summed E-state index contributed by atoms with van der Waals surface area (Å²) in [5, 5.41) is 8.37. The van der Waals surface area contributed by atoms with Gasteiger partial charge in [-0.1, -0.05) is 13.8 Å². The van der Waals surface area contributed by atoms with Crippen molar-refractivity contribution in [1.29, 1.82) is 0 Å². The van der Waals surface area contributed by atoms with E-state index in [-0.39, 0.29) is 0 Å². The molecular formula is C12H19N3. The van der Waals surface area contributed by atoms with Crippen LogP contribution in [0.5, 0.6) is 0 Å². The number of rotatable bonds is 2. The molecule has 0 aromatic carbocycles. The van der Waals surface area contributed by atoms with Gasteiger partial charge in [-0.25, -0.2) is 0 Å². The fraction of sp³-hybridized carbons (Fsp3) is 0.750. The van der Waals surface area contributed by atoms with Gasteiger partial charge in [0.2, 0.25) is 0 Å². The molecule has 0 spiro atoms. The Hall–Kier alpha value is -0.830. The maximum atomic E-state index is 4.71. The van der Waals surface area contributed by atoms with Gasteiger partial charge in [-0.15, -0.1) is 0 Å². The van der Waals surface area contributed by atoms with Crippen LogP contribution in [-0.2, 0) is 13.0 Å². The van der Waals surface area contributed by atoms with E-state index < -0.39 is 0 Å². The van der Waals surface area contributed by atoms with Gasteiger partial charge in [-0.3, -0.25) is 4.68 Å². The molecule has 0 saturated carbocycles. The molecule has 2 aliphatic heterocycles. The molecular weight excluding hydrogens is 186 g/mol. The minimum atomic E-state index is 0.597. The summed E-state index contributed by atoms with van der Waals surface area (Å²) in [4.78, 5) is 0. The van der Waals surface area contributed by atoms with Gasteiger partial charge in [-0.05, 0) is 18.8 Å². The normalized spacial score (nSPS) is 28.5. The summed E-state index contributed by atoms with van der Waals surface area (Å²) in [6.45, 7) is 5.53. The summed E-state index contributed by atoms with van der Waals surface area (Å²) >= 11 is 0. The summed E-state index contributed by atoms with van der Waals surface area (Å²) in [6.07, 6.45) is 6.02. The minimum absolute atomic E-state index is 0.597. The predicted molar refractivity (Wildman–Crippen MR) is 59.7 cm³/mol. The second-order valence-electron chi connectivity index (χ2n) is 5.34. The fourth-order valence-corrected chi connectivity index (χ4v) is 2.85. The molecule has 2 aliphatic rings. The van der Waals surface area contributed by atoms with Crippen LogP contribution in [0.2, 0.25) is 0 Å². The first kappa shape index (κ1) is 9.40. The predicted octanol–water partition coefficient (Wildman–Crippen LogP) is 1.89. The third kappa shape index (κ3) is 1.59. The van der Waals surface area contributed by atoms with Crippen LogP contribution in [0.4, 0.5) is 0 Å². The highest BCUT2D eigenvalue weighted by Crippen LogP contribution is 2.35. The molecule has 2 bridgehead atoms. The lowest BCUT2D eigenvalue weighted by atomic mass is 10.0. The third-order valence-electron chi connectivity index (χ3n) is 3.48. The molecule has 15 heavy (non-hydrogen) atoms. The lowest BCUT2D eigenvalue weighted by molar-refractivity contribution is 0.475. The van der Waals surface area contributed by atoms with E-state index in [4.69, 9.17) is 5.10 Å². The maximum Gasteiger partial charge on any atom is 0.0687 e. The zero-order chi connectivity index (χ0) is 10.4. The SMILES string of the molecule is CC(C)Cn1cc2c(n1)C[C@H]1CC[C@@H]2N1. The van der Waals surface area contributed by atoms with Crippen LogP contribution in [0.1, 0.15) is 44.0 Å². The molecule has 3 rings (SSSR count). The Labute approximate surface area is 90.9 Å². The van der Waals surface area contributed by atoms with Crippen LogP contribution in [-0.4, -0.2) is 15.8 Å². The van der Waals surface area contributed by atoms with Crippen molar-refractivity contribution in [2.24, 2.45) is 5.92 Å². The Morgan fingerprint density at radius 3 is 3.20 bits per heavy atom. The van der Waals surface area contributed by atoms with Crippen molar-refractivity contribution >= 4 is 0 Å². The van der Waals surface area contributed by atoms with Crippen LogP contribution in [0.15, 0.2) is 6.20 Å². The molecule has 1 fully saturated rings. The molecule has 0 aliphatic carbocycles. The zero-order valence-electron chi connectivity index (χ0n) is 9.53. The number of nitrogens with zero attached hydrogens (tertiary/aromatic N) is 2. The highest BCUT2D eigenvalue weighted by Gasteiger charge is 2.34. The summed E-state index contributed by atoms with van der Waals surface area (Å²) in [7, 11) is 0. The molecule has 2 atom stereocenters. The highest BCUT2D eigenvalue weighted by molar-refractivity contribution is 5.27. The number of hydrogen-bond acceptors (Lipinski definition) is 2. The summed E-state index contributed by atoms with van der Waals surface area (Å²) in [5.41, 5.74) is 2.81. The first-order valence-electron chi connectivity index (χ1n) is 6.04. The molecule has 0 radical (unpaired) electrons. The van der Waals surface area contributed by atoms with E-state index in [0.717, 1.165) is 13.0 Å². The lowest BCUT2D eigenvalue weighted by Gasteiger charge is -2.19. The molecule has 3 heterocycles. The van der Waals surface area contributed by atoms with E-state index in [1.807, 2.05) is 0 Å². The largest absolute Gasteiger partial charge is 0.307 e. The van der Waals surface area contributed by atoms with Gasteiger partial charge < -0.3 is 5.32 Å². The van der Waals surface area contributed by atoms with Gasteiger partial charge in [0.05, 0.1) is 5.69 Å². The molecule has 3 nitrogen and oxygen atoms in total. The van der Waals surface area contributed by atoms with E-state index in [1.54, 1.807) is 0 Å². The van der Waals surface area contributed by atoms with Crippen LogP contribution in [0.25, 0.3) is 0 Å². The van der Waals surface area contributed by atoms with Gasteiger partial charge in [0.1, 0.15) is 0 Å². The highest BCUT2D eigenvalue weighted by atomic mass is 15.3. The number of fused-ring (bicyclic) bond motifs is 4. The molecule has 0 unspecified atom stereocenters. The minimum Gasteiger partial charge on any atom is -0.307 e. The smallest absolute Gasteiger partial charge is 0.0687 e. The quantitative estimate of drug-likeness (QED) is 0.799. The summed E-state index contributed by atoms with van der Waals surface area (Å²) in [5.74, 6) is 0.677. The Kier molecular flexibility index (Phi) is 2.09. The zero-order valence-corrected chi connectivity index (χ0v) is 9.53. The standard InChI is InChI=1S/C12H19N3/c1-8(2)6-15-7-10-11-4-3-9(13-11)5-12(10)14-15/h7-9,11,13H,3-6H2,1-2H3/t9-,11+/m1/s1. The van der Waals surface area contributed by atoms with Gasteiger partial charge in [0.25, 0.3) is 0 Å². The molecule has 1 N–H and O–H groups in total. The monoisotopic (exact) mass is 205 g/mol. The van der Waals surface area contributed by atoms with Crippen LogP contribution in [0.3, 0.4) is 0 Å². The second-order valence-corrected chi connectivity index (χ2v) is 5.34. The Morgan fingerprint density at radius 2 is 2.40 bits per heavy atom. The van der Waals surface area contributed by atoms with Crippen molar-refractivity contribution in [3.8, 4) is 0 Å². The van der Waals surface area contributed by atoms with E-state index in [1.165, 1.54) is 24.1 Å². The van der Waals surface area contributed by atoms with E-state index in [9.17, 15) is 0 Å². The molecule has 1 aromatic heterocycles. The number of hydrogen-bond donors (Lipinski definition) is 1. The Bertz CT molecular complexity index is 367. The number of aromatic nitrogens is 2. The number of nitrogens with one attached hydrogen (secondary N) is 1. The average Bonchev–Trinajstić information content (AvgIpc) is 2.71. The van der Waals surface area contributed by atoms with Crippen molar-refractivity contribution in [3.05, 3.63) is 17.5 Å². The molecule has 1 aromatic rings. The Morgan fingerprint density at radius 1 is 1.53 bits per heavy atom.